The Hall–Kier alpha value is -1.58. The van der Waals surface area contributed by atoms with Crippen molar-refractivity contribution in [2.45, 2.75) is 51.5 Å². The first-order valence-corrected chi connectivity index (χ1v) is 8.30. The lowest BCUT2D eigenvalue weighted by atomic mass is 9.85. The predicted octanol–water partition coefficient (Wildman–Crippen LogP) is 3.31. The Bertz CT molecular complexity index is 503. The number of anilines is 1. The van der Waals surface area contributed by atoms with E-state index in [1.807, 2.05) is 12.1 Å². The summed E-state index contributed by atoms with van der Waals surface area (Å²) < 4.78 is 0. The van der Waals surface area contributed by atoms with Crippen molar-refractivity contribution < 1.29 is 4.79 Å². The van der Waals surface area contributed by atoms with Crippen LogP contribution in [0.4, 0.5) is 5.69 Å². The zero-order chi connectivity index (χ0) is 14.7. The van der Waals surface area contributed by atoms with E-state index < -0.39 is 0 Å². The normalized spacial score (nSPS) is 24.7. The molecule has 0 bridgehead atoms. The van der Waals surface area contributed by atoms with Crippen LogP contribution in [0.3, 0.4) is 0 Å². The summed E-state index contributed by atoms with van der Waals surface area (Å²) in [5.41, 5.74) is 1.58. The Balaban J connectivity index is 1.72. The van der Waals surface area contributed by atoms with Gasteiger partial charge in [0, 0.05) is 31.0 Å². The van der Waals surface area contributed by atoms with Crippen LogP contribution < -0.4 is 5.32 Å². The van der Waals surface area contributed by atoms with Crippen molar-refractivity contribution in [3.05, 3.63) is 24.0 Å². The second-order valence-corrected chi connectivity index (χ2v) is 6.26. The van der Waals surface area contributed by atoms with Crippen molar-refractivity contribution in [2.24, 2.45) is 5.92 Å². The Labute approximate surface area is 126 Å². The maximum atomic E-state index is 12.8. The van der Waals surface area contributed by atoms with E-state index in [-0.39, 0.29) is 5.91 Å². The minimum atomic E-state index is 0.115. The van der Waals surface area contributed by atoms with Crippen LogP contribution in [0, 0.1) is 5.92 Å². The van der Waals surface area contributed by atoms with E-state index in [0.717, 1.165) is 31.1 Å². The van der Waals surface area contributed by atoms with E-state index >= 15 is 0 Å². The highest BCUT2D eigenvalue weighted by atomic mass is 16.2. The van der Waals surface area contributed by atoms with Crippen LogP contribution in [-0.2, 0) is 0 Å². The molecule has 1 amide bonds. The summed E-state index contributed by atoms with van der Waals surface area (Å²) in [6, 6.07) is 4.29. The molecule has 2 atom stereocenters. The lowest BCUT2D eigenvalue weighted by Gasteiger charge is -2.31. The van der Waals surface area contributed by atoms with Crippen molar-refractivity contribution in [3.8, 4) is 0 Å². The number of nitrogens with zero attached hydrogens (tertiary/aromatic N) is 2. The van der Waals surface area contributed by atoms with Gasteiger partial charge in [0.2, 0.25) is 0 Å². The Morgan fingerprint density at radius 2 is 2.24 bits per heavy atom. The van der Waals surface area contributed by atoms with E-state index in [1.165, 1.54) is 32.1 Å². The highest BCUT2D eigenvalue weighted by Crippen LogP contribution is 2.36. The molecule has 2 unspecified atom stereocenters. The molecule has 1 saturated heterocycles. The van der Waals surface area contributed by atoms with Gasteiger partial charge < -0.3 is 10.2 Å². The molecule has 1 aromatic rings. The molecule has 114 valence electrons. The number of carbonyl (C=O) groups is 1. The highest BCUT2D eigenvalue weighted by Gasteiger charge is 2.38. The van der Waals surface area contributed by atoms with Gasteiger partial charge in [-0.15, -0.1) is 0 Å². The van der Waals surface area contributed by atoms with Gasteiger partial charge in [0.25, 0.3) is 5.91 Å². The molecule has 1 N–H and O–H groups in total. The number of aromatic nitrogens is 1. The molecule has 0 spiro atoms. The number of nitrogens with one attached hydrogen (secondary N) is 1. The third-order valence-corrected chi connectivity index (χ3v) is 4.83. The fourth-order valence-electron chi connectivity index (χ4n) is 3.73. The minimum absolute atomic E-state index is 0.115. The van der Waals surface area contributed by atoms with Crippen LogP contribution in [-0.4, -0.2) is 34.9 Å². The van der Waals surface area contributed by atoms with E-state index in [0.29, 0.717) is 11.7 Å². The zero-order valence-corrected chi connectivity index (χ0v) is 12.8. The maximum Gasteiger partial charge on any atom is 0.272 e. The van der Waals surface area contributed by atoms with Gasteiger partial charge in [-0.1, -0.05) is 19.8 Å². The predicted molar refractivity (Wildman–Crippen MR) is 84.4 cm³/mol. The van der Waals surface area contributed by atoms with Gasteiger partial charge in [-0.2, -0.15) is 0 Å². The summed E-state index contributed by atoms with van der Waals surface area (Å²) >= 11 is 0. The van der Waals surface area contributed by atoms with E-state index in [2.05, 4.69) is 22.1 Å². The average molecular weight is 287 g/mol. The summed E-state index contributed by atoms with van der Waals surface area (Å²) in [6.07, 6.45) is 9.03. The van der Waals surface area contributed by atoms with Gasteiger partial charge >= 0.3 is 0 Å². The van der Waals surface area contributed by atoms with Crippen molar-refractivity contribution in [3.63, 3.8) is 0 Å². The fraction of sp³-hybridized carbons (Fsp3) is 0.647. The average Bonchev–Trinajstić information content (AvgIpc) is 2.96. The highest BCUT2D eigenvalue weighted by molar-refractivity contribution is 5.93. The van der Waals surface area contributed by atoms with Gasteiger partial charge in [-0.25, -0.2) is 0 Å². The van der Waals surface area contributed by atoms with Crippen molar-refractivity contribution in [2.75, 3.05) is 18.4 Å². The van der Waals surface area contributed by atoms with Gasteiger partial charge in [0.1, 0.15) is 5.69 Å². The molecule has 0 aromatic carbocycles. The Kier molecular flexibility index (Phi) is 4.42. The van der Waals surface area contributed by atoms with Crippen molar-refractivity contribution in [1.29, 1.82) is 0 Å². The number of hydrogen-bond donors (Lipinski definition) is 1. The topological polar surface area (TPSA) is 45.2 Å². The van der Waals surface area contributed by atoms with Gasteiger partial charge in [-0.05, 0) is 43.7 Å². The first-order chi connectivity index (χ1) is 10.3. The fourth-order valence-corrected chi connectivity index (χ4v) is 3.73. The molecule has 1 aliphatic carbocycles. The number of pyridine rings is 1. The number of fused-ring (bicyclic) bond motifs is 1. The van der Waals surface area contributed by atoms with Gasteiger partial charge in [0.15, 0.2) is 0 Å². The first-order valence-electron chi connectivity index (χ1n) is 8.30. The first kappa shape index (κ1) is 14.4. The number of hydrogen-bond acceptors (Lipinski definition) is 3. The zero-order valence-electron chi connectivity index (χ0n) is 12.8. The minimum Gasteiger partial charge on any atom is -0.385 e. The molecule has 4 heteroatoms. The van der Waals surface area contributed by atoms with Crippen molar-refractivity contribution in [1.82, 2.24) is 9.88 Å². The number of rotatable bonds is 4. The Morgan fingerprint density at radius 1 is 1.38 bits per heavy atom. The smallest absolute Gasteiger partial charge is 0.272 e. The number of likely N-dealkylation sites (tertiary alicyclic amines) is 1. The molecular formula is C17H25N3O. The molecule has 1 aliphatic heterocycles. The monoisotopic (exact) mass is 287 g/mol. The molecule has 4 nitrogen and oxygen atoms in total. The SMILES string of the molecule is CCCNc1ccnc(C(=O)N2CCC3CCCCC32)c1. The maximum absolute atomic E-state index is 12.8. The second kappa shape index (κ2) is 6.46. The van der Waals surface area contributed by atoms with Crippen LogP contribution in [0.2, 0.25) is 0 Å². The third kappa shape index (κ3) is 3.04. The number of carbonyl (C=O) groups excluding carboxylic acids is 1. The molecule has 2 heterocycles. The quantitative estimate of drug-likeness (QED) is 0.924. The van der Waals surface area contributed by atoms with E-state index in [9.17, 15) is 4.79 Å². The lowest BCUT2D eigenvalue weighted by Crippen LogP contribution is -2.39. The van der Waals surface area contributed by atoms with Gasteiger partial charge in [-0.3, -0.25) is 9.78 Å². The molecule has 2 aliphatic rings. The van der Waals surface area contributed by atoms with Gasteiger partial charge in [0.05, 0.1) is 0 Å². The molecule has 1 saturated carbocycles. The molecular weight excluding hydrogens is 262 g/mol. The van der Waals surface area contributed by atoms with Crippen LogP contribution >= 0.6 is 0 Å². The summed E-state index contributed by atoms with van der Waals surface area (Å²) in [5, 5.41) is 3.33. The van der Waals surface area contributed by atoms with Crippen LogP contribution in [0.5, 0.6) is 0 Å². The summed E-state index contributed by atoms with van der Waals surface area (Å²) in [5.74, 6) is 0.841. The van der Waals surface area contributed by atoms with Crippen molar-refractivity contribution >= 4 is 11.6 Å². The molecule has 0 radical (unpaired) electrons. The second-order valence-electron chi connectivity index (χ2n) is 6.26. The number of amides is 1. The summed E-state index contributed by atoms with van der Waals surface area (Å²) in [6.45, 7) is 3.96. The summed E-state index contributed by atoms with van der Waals surface area (Å²) in [7, 11) is 0. The summed E-state index contributed by atoms with van der Waals surface area (Å²) in [4.78, 5) is 19.1. The molecule has 21 heavy (non-hydrogen) atoms. The van der Waals surface area contributed by atoms with E-state index in [1.54, 1.807) is 6.20 Å². The van der Waals surface area contributed by atoms with Crippen LogP contribution in [0.25, 0.3) is 0 Å². The molecule has 3 rings (SSSR count). The largest absolute Gasteiger partial charge is 0.385 e. The van der Waals surface area contributed by atoms with Crippen LogP contribution in [0.15, 0.2) is 18.3 Å². The Morgan fingerprint density at radius 3 is 3.10 bits per heavy atom. The van der Waals surface area contributed by atoms with Crippen LogP contribution in [0.1, 0.15) is 55.9 Å². The third-order valence-electron chi connectivity index (χ3n) is 4.83. The standard InChI is InChI=1S/C17H25N3O/c1-2-9-18-14-7-10-19-15(12-14)17(21)20-11-8-13-5-3-4-6-16(13)20/h7,10,12-13,16H,2-6,8-9,11H2,1H3,(H,18,19). The molecule has 2 fully saturated rings. The van der Waals surface area contributed by atoms with E-state index in [4.69, 9.17) is 0 Å². The lowest BCUT2D eigenvalue weighted by molar-refractivity contribution is 0.0684. The molecule has 1 aromatic heterocycles.